The summed E-state index contributed by atoms with van der Waals surface area (Å²) in [6, 6.07) is 26.1. The Kier molecular flexibility index (Phi) is 14.8. The molecular weight excluding hydrogens is 673 g/mol. The summed E-state index contributed by atoms with van der Waals surface area (Å²) in [4.78, 5) is 16.7. The van der Waals surface area contributed by atoms with Crippen LogP contribution in [-0.4, -0.2) is 13.4 Å². The molecule has 2 aromatic heterocycles. The van der Waals surface area contributed by atoms with E-state index in [1.807, 2.05) is 23.5 Å². The maximum atomic E-state index is 11.8. The molecule has 0 bridgehead atoms. The maximum absolute atomic E-state index is 11.8. The van der Waals surface area contributed by atoms with Crippen LogP contribution in [0, 0.1) is 0 Å². The second-order valence-corrected chi connectivity index (χ2v) is 15.5. The molecule has 0 aliphatic heterocycles. The van der Waals surface area contributed by atoms with Crippen molar-refractivity contribution in [2.45, 2.75) is 79.1 Å². The van der Waals surface area contributed by atoms with Crippen molar-refractivity contribution in [3.63, 3.8) is 0 Å². The third kappa shape index (κ3) is 10.8. The number of thiophene rings is 2. The Labute approximate surface area is 319 Å². The highest BCUT2D eigenvalue weighted by Crippen LogP contribution is 2.29. The fourth-order valence-electron chi connectivity index (χ4n) is 6.48. The summed E-state index contributed by atoms with van der Waals surface area (Å²) in [6.07, 6.45) is 27.2. The first kappa shape index (κ1) is 38.7. The Balaban J connectivity index is 1.33. The van der Waals surface area contributed by atoms with Crippen molar-refractivity contribution in [1.82, 2.24) is 0 Å². The third-order valence-electron chi connectivity index (χ3n) is 9.14. The monoisotopic (exact) mass is 724 g/mol. The van der Waals surface area contributed by atoms with Gasteiger partial charge in [-0.2, -0.15) is 0 Å². The van der Waals surface area contributed by atoms with Crippen LogP contribution in [0.5, 0.6) is 5.75 Å². The lowest BCUT2D eigenvalue weighted by Gasteiger charge is -2.12. The van der Waals surface area contributed by atoms with Crippen molar-refractivity contribution in [1.29, 1.82) is 0 Å². The second kappa shape index (κ2) is 19.9. The van der Waals surface area contributed by atoms with Crippen molar-refractivity contribution in [3.8, 4) is 5.75 Å². The first-order valence-electron chi connectivity index (χ1n) is 18.8. The molecule has 0 spiro atoms. The molecule has 2 nitrogen and oxygen atoms in total. The molecule has 3 aromatic carbocycles. The molecule has 0 aliphatic rings. The van der Waals surface area contributed by atoms with Crippen molar-refractivity contribution in [2.75, 3.05) is 7.11 Å². The van der Waals surface area contributed by atoms with Gasteiger partial charge in [0.25, 0.3) is 0 Å². The fraction of sp³-hybridized carbons (Fsp3) is 0.271. The predicted molar refractivity (Wildman–Crippen MR) is 232 cm³/mol. The minimum atomic E-state index is 0.839. The van der Waals surface area contributed by atoms with E-state index in [4.69, 9.17) is 4.74 Å². The van der Waals surface area contributed by atoms with E-state index in [0.29, 0.717) is 0 Å². The van der Waals surface area contributed by atoms with Gasteiger partial charge >= 0.3 is 0 Å². The molecule has 268 valence electrons. The molecule has 0 radical (unpaired) electrons. The van der Waals surface area contributed by atoms with E-state index in [2.05, 4.69) is 137 Å². The van der Waals surface area contributed by atoms with Crippen LogP contribution in [-0.2, 0) is 25.7 Å². The Morgan fingerprint density at radius 3 is 1.15 bits per heavy atom. The quantitative estimate of drug-likeness (QED) is 0.0841. The molecule has 0 N–H and O–H groups in total. The Morgan fingerprint density at radius 1 is 0.462 bits per heavy atom. The normalized spacial score (nSPS) is 11.9. The van der Waals surface area contributed by atoms with Crippen LogP contribution in [0.25, 0.3) is 48.6 Å². The summed E-state index contributed by atoms with van der Waals surface area (Å²) in [7, 11) is 1.69. The van der Waals surface area contributed by atoms with E-state index in [9.17, 15) is 4.79 Å². The predicted octanol–water partition coefficient (Wildman–Crippen LogP) is 14.1. The van der Waals surface area contributed by atoms with Gasteiger partial charge in [-0.25, -0.2) is 0 Å². The second-order valence-electron chi connectivity index (χ2n) is 13.2. The zero-order valence-electron chi connectivity index (χ0n) is 31.4. The van der Waals surface area contributed by atoms with E-state index >= 15 is 0 Å². The highest BCUT2D eigenvalue weighted by Gasteiger charge is 2.09. The van der Waals surface area contributed by atoms with E-state index < -0.39 is 0 Å². The van der Waals surface area contributed by atoms with Crippen LogP contribution >= 0.6 is 22.7 Å². The number of hydrogen-bond donors (Lipinski definition) is 0. The molecule has 0 saturated heterocycles. The minimum Gasteiger partial charge on any atom is -0.497 e. The molecule has 0 atom stereocenters. The van der Waals surface area contributed by atoms with Crippen LogP contribution in [0.4, 0.5) is 0 Å². The van der Waals surface area contributed by atoms with Gasteiger partial charge in [-0.3, -0.25) is 4.79 Å². The van der Waals surface area contributed by atoms with Crippen molar-refractivity contribution in [3.05, 3.63) is 142 Å². The topological polar surface area (TPSA) is 26.3 Å². The zero-order chi connectivity index (χ0) is 36.7. The molecule has 5 rings (SSSR count). The number of carbonyl (C=O) groups is 1. The summed E-state index contributed by atoms with van der Waals surface area (Å²) >= 11 is 3.62. The average molecular weight is 725 g/mol. The average Bonchev–Trinajstić information content (AvgIpc) is 3.83. The summed E-state index contributed by atoms with van der Waals surface area (Å²) < 4.78 is 5.28. The van der Waals surface area contributed by atoms with Gasteiger partial charge in [0.1, 0.15) is 12.0 Å². The Bertz CT molecular complexity index is 2030. The summed E-state index contributed by atoms with van der Waals surface area (Å²) in [6.45, 7) is 8.88. The molecule has 0 fully saturated rings. The van der Waals surface area contributed by atoms with Gasteiger partial charge in [-0.05, 0) is 137 Å². The number of hydrogen-bond acceptors (Lipinski definition) is 4. The minimum absolute atomic E-state index is 0.839. The van der Waals surface area contributed by atoms with E-state index in [-0.39, 0.29) is 0 Å². The molecule has 0 amide bonds. The zero-order valence-corrected chi connectivity index (χ0v) is 33.0. The third-order valence-corrected chi connectivity index (χ3v) is 11.2. The van der Waals surface area contributed by atoms with Gasteiger partial charge in [-0.1, -0.05) is 108 Å². The maximum Gasteiger partial charge on any atom is 0.150 e. The Morgan fingerprint density at radius 2 is 0.808 bits per heavy atom. The van der Waals surface area contributed by atoms with Gasteiger partial charge in [0, 0.05) is 25.1 Å². The van der Waals surface area contributed by atoms with E-state index in [1.165, 1.54) is 52.9 Å². The van der Waals surface area contributed by atoms with Crippen LogP contribution in [0.1, 0.15) is 128 Å². The lowest BCUT2D eigenvalue weighted by molar-refractivity contribution is 0.112. The molecule has 0 saturated carbocycles. The molecule has 0 aliphatic carbocycles. The smallest absolute Gasteiger partial charge is 0.150 e. The molecular formula is C48H52O2S2. The van der Waals surface area contributed by atoms with Crippen LogP contribution in [0.2, 0.25) is 0 Å². The number of benzene rings is 3. The first-order valence-corrected chi connectivity index (χ1v) is 20.4. The summed E-state index contributed by atoms with van der Waals surface area (Å²) in [5.74, 6) is 0.872. The number of methoxy groups -OCH3 is 1. The molecule has 52 heavy (non-hydrogen) atoms. The van der Waals surface area contributed by atoms with Crippen molar-refractivity contribution < 1.29 is 9.53 Å². The summed E-state index contributed by atoms with van der Waals surface area (Å²) in [5, 5.41) is 0. The Hall–Kier alpha value is -4.51. The van der Waals surface area contributed by atoms with E-state index in [1.54, 1.807) is 18.4 Å². The van der Waals surface area contributed by atoms with Crippen molar-refractivity contribution >= 4 is 77.6 Å². The van der Waals surface area contributed by atoms with Crippen LogP contribution in [0.3, 0.4) is 0 Å². The fourth-order valence-corrected chi connectivity index (χ4v) is 8.11. The standard InChI is InChI=1S/C48H52O2S2/c1-6-10-36-31-41(18-24-47-28-29-48(52-47)25-19-42-32-39(13-9-4)43(34-49)33-38(42)12-8-3)37(11-7-2)30-40(36)17-23-46-27-26-45(51-46)22-16-35-14-20-44(50-5)21-15-35/h14-34H,6-13H2,1-5H3/b22-16+,23-17+,24-18+,25-19+. The first-order chi connectivity index (χ1) is 25.5. The van der Waals surface area contributed by atoms with Gasteiger partial charge in [0.15, 0.2) is 0 Å². The largest absolute Gasteiger partial charge is 0.497 e. The SMILES string of the molecule is CCCc1cc(/C=C/c2ccc(/C=C/c3cc(CCC)c(/C=C/c4ccc(/C=C/c5ccc(OC)cc5)s4)cc3CCC)s2)c(CCC)cc1C=O. The highest BCUT2D eigenvalue weighted by molar-refractivity contribution is 7.14. The number of carbonyl (C=O) groups excluding carboxylic acids is 1. The lowest BCUT2D eigenvalue weighted by Crippen LogP contribution is -1.98. The van der Waals surface area contributed by atoms with Crippen LogP contribution in [0.15, 0.2) is 72.8 Å². The number of ether oxygens (including phenoxy) is 1. The summed E-state index contributed by atoms with van der Waals surface area (Å²) in [5.41, 5.74) is 11.1. The molecule has 4 heteroatoms. The number of aldehydes is 1. The highest BCUT2D eigenvalue weighted by atomic mass is 32.1. The molecule has 5 aromatic rings. The molecule has 2 heterocycles. The van der Waals surface area contributed by atoms with Gasteiger partial charge in [0.2, 0.25) is 0 Å². The lowest BCUT2D eigenvalue weighted by atomic mass is 9.93. The molecule has 0 unspecified atom stereocenters. The van der Waals surface area contributed by atoms with Crippen molar-refractivity contribution in [2.24, 2.45) is 0 Å². The van der Waals surface area contributed by atoms with Gasteiger partial charge in [-0.15, -0.1) is 22.7 Å². The number of rotatable bonds is 18. The van der Waals surface area contributed by atoms with E-state index in [0.717, 1.165) is 80.1 Å². The number of aryl methyl sites for hydroxylation is 4. The van der Waals surface area contributed by atoms with Gasteiger partial charge < -0.3 is 4.74 Å². The van der Waals surface area contributed by atoms with Crippen LogP contribution < -0.4 is 4.74 Å². The van der Waals surface area contributed by atoms with Gasteiger partial charge in [0.05, 0.1) is 7.11 Å².